The van der Waals surface area contributed by atoms with Crippen molar-refractivity contribution in [2.75, 3.05) is 13.2 Å². The Labute approximate surface area is 152 Å². The highest BCUT2D eigenvalue weighted by Crippen LogP contribution is 2.32. The first kappa shape index (κ1) is 16.6. The molecule has 1 unspecified atom stereocenters. The average Bonchev–Trinajstić information content (AvgIpc) is 2.70. The van der Waals surface area contributed by atoms with Crippen LogP contribution in [0.3, 0.4) is 0 Å². The molecule has 0 spiro atoms. The van der Waals surface area contributed by atoms with Gasteiger partial charge in [-0.3, -0.25) is 9.78 Å². The largest absolute Gasteiger partial charge is 0.489 e. The molecule has 0 fully saturated rings. The molecule has 0 amide bonds. The van der Waals surface area contributed by atoms with Crippen LogP contribution < -0.4 is 4.74 Å². The molecule has 4 nitrogen and oxygen atoms in total. The molecule has 0 radical (unpaired) electrons. The minimum absolute atomic E-state index is 0.151. The van der Waals surface area contributed by atoms with Gasteiger partial charge in [0.05, 0.1) is 11.4 Å². The van der Waals surface area contributed by atoms with Gasteiger partial charge < -0.3 is 9.47 Å². The van der Waals surface area contributed by atoms with Crippen molar-refractivity contribution in [3.8, 4) is 5.75 Å². The Morgan fingerprint density at radius 1 is 1.04 bits per heavy atom. The van der Waals surface area contributed by atoms with Crippen molar-refractivity contribution in [3.05, 3.63) is 71.9 Å². The van der Waals surface area contributed by atoms with E-state index in [4.69, 9.17) is 9.47 Å². The van der Waals surface area contributed by atoms with Crippen molar-refractivity contribution in [1.29, 1.82) is 0 Å². The van der Waals surface area contributed by atoms with Crippen LogP contribution in [0.15, 0.2) is 60.8 Å². The van der Waals surface area contributed by atoms with Gasteiger partial charge in [0.2, 0.25) is 0 Å². The topological polar surface area (TPSA) is 48.4 Å². The summed E-state index contributed by atoms with van der Waals surface area (Å²) in [4.78, 5) is 16.8. The SMILES string of the molecule is O=C(OCCOc1ccnc2ccccc12)C1CCCc2ccccc21. The number of pyridine rings is 1. The summed E-state index contributed by atoms with van der Waals surface area (Å²) in [6.07, 6.45) is 4.64. The molecule has 1 atom stereocenters. The summed E-state index contributed by atoms with van der Waals surface area (Å²) in [5, 5.41) is 0.961. The maximum absolute atomic E-state index is 12.5. The van der Waals surface area contributed by atoms with Crippen LogP contribution in [0.5, 0.6) is 5.75 Å². The number of carbonyl (C=O) groups excluding carboxylic acids is 1. The lowest BCUT2D eigenvalue weighted by atomic mass is 9.83. The summed E-state index contributed by atoms with van der Waals surface area (Å²) in [6, 6.07) is 17.8. The lowest BCUT2D eigenvalue weighted by molar-refractivity contribution is -0.146. The fraction of sp³-hybridized carbons (Fsp3) is 0.273. The van der Waals surface area contributed by atoms with Gasteiger partial charge in [0.15, 0.2) is 0 Å². The van der Waals surface area contributed by atoms with Crippen molar-refractivity contribution >= 4 is 16.9 Å². The van der Waals surface area contributed by atoms with Crippen molar-refractivity contribution in [2.45, 2.75) is 25.2 Å². The van der Waals surface area contributed by atoms with E-state index in [0.717, 1.165) is 41.5 Å². The van der Waals surface area contributed by atoms with Crippen molar-refractivity contribution in [3.63, 3.8) is 0 Å². The van der Waals surface area contributed by atoms with Crippen LogP contribution in [0.1, 0.15) is 29.9 Å². The second-order valence-electron chi connectivity index (χ2n) is 6.49. The first-order chi connectivity index (χ1) is 12.8. The molecule has 4 rings (SSSR count). The fourth-order valence-electron chi connectivity index (χ4n) is 3.59. The first-order valence-corrected chi connectivity index (χ1v) is 9.04. The molecule has 0 saturated heterocycles. The van der Waals surface area contributed by atoms with E-state index in [1.807, 2.05) is 48.5 Å². The quantitative estimate of drug-likeness (QED) is 0.511. The van der Waals surface area contributed by atoms with Gasteiger partial charge in [0.1, 0.15) is 19.0 Å². The van der Waals surface area contributed by atoms with Crippen LogP contribution in [-0.2, 0) is 16.0 Å². The summed E-state index contributed by atoms with van der Waals surface area (Å²) in [5.41, 5.74) is 3.27. The van der Waals surface area contributed by atoms with Crippen molar-refractivity contribution < 1.29 is 14.3 Å². The van der Waals surface area contributed by atoms with E-state index in [1.54, 1.807) is 6.20 Å². The second-order valence-corrected chi connectivity index (χ2v) is 6.49. The molecule has 1 aliphatic carbocycles. The van der Waals surface area contributed by atoms with Crippen LogP contribution in [-0.4, -0.2) is 24.2 Å². The van der Waals surface area contributed by atoms with Gasteiger partial charge >= 0.3 is 5.97 Å². The second kappa shape index (κ2) is 7.56. The van der Waals surface area contributed by atoms with Crippen LogP contribution in [0.2, 0.25) is 0 Å². The predicted octanol–water partition coefficient (Wildman–Crippen LogP) is 4.28. The number of fused-ring (bicyclic) bond motifs is 2. The number of hydrogen-bond acceptors (Lipinski definition) is 4. The minimum atomic E-state index is -0.152. The third kappa shape index (κ3) is 3.40. The molecule has 0 aliphatic heterocycles. The van der Waals surface area contributed by atoms with Gasteiger partial charge in [0, 0.05) is 11.6 Å². The van der Waals surface area contributed by atoms with E-state index in [0.29, 0.717) is 6.61 Å². The number of carbonyl (C=O) groups is 1. The van der Waals surface area contributed by atoms with Gasteiger partial charge in [-0.15, -0.1) is 0 Å². The van der Waals surface area contributed by atoms with Crippen molar-refractivity contribution in [1.82, 2.24) is 4.98 Å². The molecule has 4 heteroatoms. The van der Waals surface area contributed by atoms with Crippen LogP contribution in [0.25, 0.3) is 10.9 Å². The lowest BCUT2D eigenvalue weighted by Gasteiger charge is -2.23. The Bertz CT molecular complexity index is 917. The Balaban J connectivity index is 1.35. The molecular formula is C22H21NO3. The highest BCUT2D eigenvalue weighted by atomic mass is 16.6. The predicted molar refractivity (Wildman–Crippen MR) is 100 cm³/mol. The zero-order valence-electron chi connectivity index (χ0n) is 14.6. The number of esters is 1. The standard InChI is InChI=1S/C22H21NO3/c24-22(18-10-5-7-16-6-1-2-8-17(16)18)26-15-14-25-21-12-13-23-20-11-4-3-9-19(20)21/h1-4,6,8-9,11-13,18H,5,7,10,14-15H2. The Morgan fingerprint density at radius 2 is 1.88 bits per heavy atom. The number of nitrogens with zero attached hydrogens (tertiary/aromatic N) is 1. The third-order valence-electron chi connectivity index (χ3n) is 4.85. The maximum Gasteiger partial charge on any atom is 0.313 e. The van der Waals surface area contributed by atoms with Gasteiger partial charge in [-0.25, -0.2) is 0 Å². The summed E-state index contributed by atoms with van der Waals surface area (Å²) in [7, 11) is 0. The first-order valence-electron chi connectivity index (χ1n) is 9.04. The molecule has 2 aromatic carbocycles. The highest BCUT2D eigenvalue weighted by molar-refractivity contribution is 5.84. The van der Waals surface area contributed by atoms with E-state index in [2.05, 4.69) is 11.1 Å². The number of ether oxygens (including phenoxy) is 2. The van der Waals surface area contributed by atoms with Gasteiger partial charge in [0.25, 0.3) is 0 Å². The third-order valence-corrected chi connectivity index (χ3v) is 4.85. The van der Waals surface area contributed by atoms with Gasteiger partial charge in [-0.2, -0.15) is 0 Å². The Hall–Kier alpha value is -2.88. The van der Waals surface area contributed by atoms with E-state index in [9.17, 15) is 4.79 Å². The maximum atomic E-state index is 12.5. The molecule has 0 bridgehead atoms. The van der Waals surface area contributed by atoms with Gasteiger partial charge in [-0.05, 0) is 48.6 Å². The van der Waals surface area contributed by atoms with Gasteiger partial charge in [-0.1, -0.05) is 36.4 Å². The molecule has 0 N–H and O–H groups in total. The Kier molecular flexibility index (Phi) is 4.82. The van der Waals surface area contributed by atoms with E-state index in [-0.39, 0.29) is 18.5 Å². The number of rotatable bonds is 5. The molecule has 26 heavy (non-hydrogen) atoms. The van der Waals surface area contributed by atoms with Crippen LogP contribution >= 0.6 is 0 Å². The molecule has 1 heterocycles. The monoisotopic (exact) mass is 347 g/mol. The Morgan fingerprint density at radius 3 is 2.85 bits per heavy atom. The smallest absolute Gasteiger partial charge is 0.313 e. The summed E-state index contributed by atoms with van der Waals surface area (Å²) in [5.74, 6) is 0.455. The van der Waals surface area contributed by atoms with Crippen LogP contribution in [0.4, 0.5) is 0 Å². The van der Waals surface area contributed by atoms with Crippen molar-refractivity contribution in [2.24, 2.45) is 0 Å². The minimum Gasteiger partial charge on any atom is -0.489 e. The number of para-hydroxylation sites is 1. The molecule has 0 saturated carbocycles. The zero-order chi connectivity index (χ0) is 17.8. The number of aryl methyl sites for hydroxylation is 1. The molecule has 132 valence electrons. The molecule has 1 aliphatic rings. The molecule has 1 aromatic heterocycles. The summed E-state index contributed by atoms with van der Waals surface area (Å²) < 4.78 is 11.3. The zero-order valence-corrected chi connectivity index (χ0v) is 14.6. The summed E-state index contributed by atoms with van der Waals surface area (Å²) in [6.45, 7) is 0.572. The summed E-state index contributed by atoms with van der Waals surface area (Å²) >= 11 is 0. The highest BCUT2D eigenvalue weighted by Gasteiger charge is 2.27. The fourth-order valence-corrected chi connectivity index (χ4v) is 3.59. The number of benzene rings is 2. The molecular weight excluding hydrogens is 326 g/mol. The molecule has 3 aromatic rings. The number of aromatic nitrogens is 1. The van der Waals surface area contributed by atoms with E-state index in [1.165, 1.54) is 5.56 Å². The average molecular weight is 347 g/mol. The normalized spacial score (nSPS) is 16.1. The van der Waals surface area contributed by atoms with E-state index < -0.39 is 0 Å². The van der Waals surface area contributed by atoms with Crippen LogP contribution in [0, 0.1) is 0 Å². The number of hydrogen-bond donors (Lipinski definition) is 0. The lowest BCUT2D eigenvalue weighted by Crippen LogP contribution is -2.22. The van der Waals surface area contributed by atoms with E-state index >= 15 is 0 Å².